The lowest BCUT2D eigenvalue weighted by molar-refractivity contribution is 0.752. The van der Waals surface area contributed by atoms with Gasteiger partial charge in [-0.3, -0.25) is 0 Å². The van der Waals surface area contributed by atoms with Crippen molar-refractivity contribution >= 4 is 0 Å². The molecule has 2 aromatic rings. The van der Waals surface area contributed by atoms with Crippen molar-refractivity contribution in [1.82, 2.24) is 9.55 Å². The molecule has 0 amide bonds. The molecule has 1 atom stereocenters. The van der Waals surface area contributed by atoms with Crippen LogP contribution in [0.5, 0.6) is 0 Å². The van der Waals surface area contributed by atoms with Crippen LogP contribution >= 0.6 is 0 Å². The number of nitrogens with zero attached hydrogens (tertiary/aromatic N) is 4. The van der Waals surface area contributed by atoms with E-state index in [0.29, 0.717) is 11.1 Å². The monoisotopic (exact) mass is 237 g/mol. The van der Waals surface area contributed by atoms with Gasteiger partial charge in [0.25, 0.3) is 0 Å². The van der Waals surface area contributed by atoms with E-state index in [1.165, 1.54) is 0 Å². The molecule has 5 nitrogen and oxygen atoms in total. The van der Waals surface area contributed by atoms with Crippen LogP contribution in [0.1, 0.15) is 29.8 Å². The molecule has 1 aromatic heterocycles. The van der Waals surface area contributed by atoms with Gasteiger partial charge in [-0.2, -0.15) is 10.5 Å². The largest absolute Gasteiger partial charge is 0.323 e. The molecule has 0 radical (unpaired) electrons. The third-order valence-corrected chi connectivity index (χ3v) is 2.66. The number of benzene rings is 1. The third-order valence-electron chi connectivity index (χ3n) is 2.66. The molecule has 1 aromatic carbocycles. The first-order chi connectivity index (χ1) is 8.67. The smallest absolute Gasteiger partial charge is 0.101 e. The summed E-state index contributed by atoms with van der Waals surface area (Å²) in [6.45, 7) is 1.86. The molecule has 0 bridgehead atoms. The van der Waals surface area contributed by atoms with Gasteiger partial charge in [0.2, 0.25) is 0 Å². The predicted molar refractivity (Wildman–Crippen MR) is 65.6 cm³/mol. The summed E-state index contributed by atoms with van der Waals surface area (Å²) in [5.41, 5.74) is 8.18. The number of hydrogen-bond acceptors (Lipinski definition) is 4. The van der Waals surface area contributed by atoms with E-state index in [4.69, 9.17) is 16.3 Å². The maximum atomic E-state index is 9.00. The summed E-state index contributed by atoms with van der Waals surface area (Å²) < 4.78 is 1.81. The highest BCUT2D eigenvalue weighted by Gasteiger charge is 2.10. The second-order valence-corrected chi connectivity index (χ2v) is 3.93. The van der Waals surface area contributed by atoms with Crippen molar-refractivity contribution in [2.75, 3.05) is 0 Å². The molecule has 0 fully saturated rings. The van der Waals surface area contributed by atoms with E-state index in [9.17, 15) is 0 Å². The standard InChI is InChI=1S/C13H11N5/c1-9(16)13-7-17-8-18(13)12-3-2-10(5-14)11(4-12)6-15/h2-4,7-9H,16H2,1H3. The molecule has 0 saturated heterocycles. The van der Waals surface area contributed by atoms with Crippen molar-refractivity contribution in [3.8, 4) is 17.8 Å². The Kier molecular flexibility index (Phi) is 3.09. The molecule has 0 aliphatic carbocycles. The molecule has 0 spiro atoms. The van der Waals surface area contributed by atoms with E-state index in [2.05, 4.69) is 4.98 Å². The van der Waals surface area contributed by atoms with Crippen molar-refractivity contribution in [3.63, 3.8) is 0 Å². The molecule has 88 valence electrons. The Bertz CT molecular complexity index is 655. The number of hydrogen-bond donors (Lipinski definition) is 1. The Morgan fingerprint density at radius 2 is 2.00 bits per heavy atom. The average molecular weight is 237 g/mol. The van der Waals surface area contributed by atoms with Crippen molar-refractivity contribution in [3.05, 3.63) is 47.5 Å². The van der Waals surface area contributed by atoms with Gasteiger partial charge in [-0.15, -0.1) is 0 Å². The number of aromatic nitrogens is 2. The molecule has 0 aliphatic heterocycles. The first kappa shape index (κ1) is 11.8. The van der Waals surface area contributed by atoms with Gasteiger partial charge < -0.3 is 10.3 Å². The highest BCUT2D eigenvalue weighted by atomic mass is 15.1. The van der Waals surface area contributed by atoms with Crippen LogP contribution in [0.4, 0.5) is 0 Å². The maximum absolute atomic E-state index is 9.00. The normalized spacial score (nSPS) is 11.6. The number of nitriles is 2. The van der Waals surface area contributed by atoms with Crippen LogP contribution < -0.4 is 5.73 Å². The highest BCUT2D eigenvalue weighted by molar-refractivity contribution is 5.52. The Labute approximate surface area is 105 Å². The molecule has 1 unspecified atom stereocenters. The van der Waals surface area contributed by atoms with Crippen LogP contribution in [0.2, 0.25) is 0 Å². The Morgan fingerprint density at radius 1 is 1.28 bits per heavy atom. The highest BCUT2D eigenvalue weighted by Crippen LogP contribution is 2.18. The molecule has 18 heavy (non-hydrogen) atoms. The van der Waals surface area contributed by atoms with Gasteiger partial charge in [0.15, 0.2) is 0 Å². The Morgan fingerprint density at radius 3 is 2.61 bits per heavy atom. The van der Waals surface area contributed by atoms with Crippen LogP contribution in [-0.4, -0.2) is 9.55 Å². The fourth-order valence-corrected chi connectivity index (χ4v) is 1.73. The van der Waals surface area contributed by atoms with Crippen LogP contribution in [-0.2, 0) is 0 Å². The van der Waals surface area contributed by atoms with E-state index in [1.54, 1.807) is 30.7 Å². The second-order valence-electron chi connectivity index (χ2n) is 3.93. The van der Waals surface area contributed by atoms with Crippen molar-refractivity contribution in [1.29, 1.82) is 10.5 Å². The van der Waals surface area contributed by atoms with Crippen molar-refractivity contribution in [2.24, 2.45) is 5.73 Å². The first-order valence-corrected chi connectivity index (χ1v) is 5.40. The van der Waals surface area contributed by atoms with E-state index < -0.39 is 0 Å². The molecule has 2 N–H and O–H groups in total. The van der Waals surface area contributed by atoms with Gasteiger partial charge >= 0.3 is 0 Å². The first-order valence-electron chi connectivity index (χ1n) is 5.40. The van der Waals surface area contributed by atoms with Crippen LogP contribution in [0, 0.1) is 22.7 Å². The van der Waals surface area contributed by atoms with Gasteiger partial charge in [0.05, 0.1) is 29.3 Å². The van der Waals surface area contributed by atoms with Gasteiger partial charge in [0.1, 0.15) is 12.1 Å². The summed E-state index contributed by atoms with van der Waals surface area (Å²) >= 11 is 0. The van der Waals surface area contributed by atoms with Crippen LogP contribution in [0.25, 0.3) is 5.69 Å². The van der Waals surface area contributed by atoms with Gasteiger partial charge in [-0.25, -0.2) is 4.98 Å². The zero-order valence-electron chi connectivity index (χ0n) is 9.83. The summed E-state index contributed by atoms with van der Waals surface area (Å²) in [5.74, 6) is 0. The predicted octanol–water partition coefficient (Wildman–Crippen LogP) is 1.64. The molecule has 2 rings (SSSR count). The van der Waals surface area contributed by atoms with Gasteiger partial charge in [-0.05, 0) is 25.1 Å². The van der Waals surface area contributed by atoms with Gasteiger partial charge in [-0.1, -0.05) is 0 Å². The minimum absolute atomic E-state index is 0.159. The summed E-state index contributed by atoms with van der Waals surface area (Å²) in [5, 5.41) is 17.9. The summed E-state index contributed by atoms with van der Waals surface area (Å²) in [6.07, 6.45) is 3.33. The maximum Gasteiger partial charge on any atom is 0.101 e. The summed E-state index contributed by atoms with van der Waals surface area (Å²) in [4.78, 5) is 4.05. The number of imidazole rings is 1. The zero-order chi connectivity index (χ0) is 13.1. The van der Waals surface area contributed by atoms with Crippen LogP contribution in [0.15, 0.2) is 30.7 Å². The zero-order valence-corrected chi connectivity index (χ0v) is 9.83. The van der Waals surface area contributed by atoms with Crippen LogP contribution in [0.3, 0.4) is 0 Å². The lowest BCUT2D eigenvalue weighted by Crippen LogP contribution is -2.10. The van der Waals surface area contributed by atoms with Gasteiger partial charge in [0, 0.05) is 11.7 Å². The van der Waals surface area contributed by atoms with E-state index in [-0.39, 0.29) is 6.04 Å². The Balaban J connectivity index is 2.56. The molecular weight excluding hydrogens is 226 g/mol. The lowest BCUT2D eigenvalue weighted by atomic mass is 10.1. The molecular formula is C13H11N5. The van der Waals surface area contributed by atoms with E-state index in [1.807, 2.05) is 23.6 Å². The lowest BCUT2D eigenvalue weighted by Gasteiger charge is -2.11. The van der Waals surface area contributed by atoms with E-state index in [0.717, 1.165) is 11.4 Å². The SMILES string of the molecule is CC(N)c1cncn1-c1ccc(C#N)c(C#N)c1. The molecule has 0 aliphatic rings. The fraction of sp³-hybridized carbons (Fsp3) is 0.154. The minimum Gasteiger partial charge on any atom is -0.323 e. The molecule has 0 saturated carbocycles. The van der Waals surface area contributed by atoms with Crippen molar-refractivity contribution < 1.29 is 0 Å². The fourth-order valence-electron chi connectivity index (χ4n) is 1.73. The molecule has 1 heterocycles. The topological polar surface area (TPSA) is 91.4 Å². The quantitative estimate of drug-likeness (QED) is 0.859. The average Bonchev–Trinajstić information content (AvgIpc) is 2.87. The number of nitrogens with two attached hydrogens (primary N) is 1. The third kappa shape index (κ3) is 1.95. The summed E-state index contributed by atoms with van der Waals surface area (Å²) in [7, 11) is 0. The number of rotatable bonds is 2. The van der Waals surface area contributed by atoms with E-state index >= 15 is 0 Å². The summed E-state index contributed by atoms with van der Waals surface area (Å²) in [6, 6.07) is 8.89. The Hall–Kier alpha value is -2.63. The second kappa shape index (κ2) is 4.70. The molecule has 5 heteroatoms. The van der Waals surface area contributed by atoms with Crippen molar-refractivity contribution in [2.45, 2.75) is 13.0 Å². The minimum atomic E-state index is -0.159.